The Hall–Kier alpha value is -3.87. The zero-order chi connectivity index (χ0) is 32.5. The monoisotopic (exact) mass is 639 g/mol. The van der Waals surface area contributed by atoms with Crippen molar-refractivity contribution in [3.8, 4) is 17.8 Å². The average molecular weight is 640 g/mol. The fourth-order valence-corrected chi connectivity index (χ4v) is 6.58. The van der Waals surface area contributed by atoms with Gasteiger partial charge in [-0.05, 0) is 18.1 Å². The van der Waals surface area contributed by atoms with Crippen LogP contribution in [0.5, 0.6) is 17.8 Å². The minimum absolute atomic E-state index is 0.000718. The zero-order valence-corrected chi connectivity index (χ0v) is 26.7. The summed E-state index contributed by atoms with van der Waals surface area (Å²) >= 11 is 0. The van der Waals surface area contributed by atoms with E-state index < -0.39 is 13.0 Å². The predicted octanol–water partition coefficient (Wildman–Crippen LogP) is 4.09. The molecule has 0 N–H and O–H groups in total. The molecule has 10 nitrogen and oxygen atoms in total. The van der Waals surface area contributed by atoms with Crippen LogP contribution in [0.25, 0.3) is 0 Å². The van der Waals surface area contributed by atoms with Gasteiger partial charge in [-0.2, -0.15) is 9.97 Å². The second-order valence-corrected chi connectivity index (χ2v) is 11.5. The maximum Gasteiger partial charge on any atom is 0.323 e. The van der Waals surface area contributed by atoms with Crippen LogP contribution >= 0.6 is 0 Å². The third-order valence-corrected chi connectivity index (χ3v) is 8.55. The number of ether oxygens (including phenoxy) is 4. The molecule has 2 aliphatic rings. The topological polar surface area (TPSA) is 89.5 Å². The van der Waals surface area contributed by atoms with E-state index in [2.05, 4.69) is 68.3 Å². The predicted molar refractivity (Wildman–Crippen MR) is 169 cm³/mol. The summed E-state index contributed by atoms with van der Waals surface area (Å²) in [4.78, 5) is 28.6. The molecule has 12 heteroatoms. The number of fused-ring (bicyclic) bond motifs is 1. The Labute approximate surface area is 269 Å². The van der Waals surface area contributed by atoms with Gasteiger partial charge in [-0.15, -0.1) is 0 Å². The Bertz CT molecular complexity index is 1360. The van der Waals surface area contributed by atoms with E-state index in [1.165, 1.54) is 18.2 Å². The average Bonchev–Trinajstić information content (AvgIpc) is 3.07. The van der Waals surface area contributed by atoms with Crippen molar-refractivity contribution in [1.82, 2.24) is 24.7 Å². The van der Waals surface area contributed by atoms with Gasteiger partial charge >= 0.3 is 6.01 Å². The summed E-state index contributed by atoms with van der Waals surface area (Å²) in [6, 6.07) is 21.0. The van der Waals surface area contributed by atoms with Crippen molar-refractivity contribution in [2.75, 3.05) is 66.8 Å². The SMILES string of the molecule is CCOc1nc(OC)c(CN2C[C@@H]3CN(C(=O)CCOC)CCN3[C@H](C(c3ccccc3)c3ccccc3)C2)c(OCC(F)F)n1. The first-order valence-corrected chi connectivity index (χ1v) is 15.7. The number of nitrogens with zero attached hydrogens (tertiary/aromatic N) is 5. The van der Waals surface area contributed by atoms with Crippen LogP contribution in [0.1, 0.15) is 36.0 Å². The van der Waals surface area contributed by atoms with Gasteiger partial charge in [0.15, 0.2) is 6.61 Å². The summed E-state index contributed by atoms with van der Waals surface area (Å²) < 4.78 is 48.4. The molecule has 0 aliphatic carbocycles. The number of benzene rings is 2. The fraction of sp³-hybridized carbons (Fsp3) is 0.500. The van der Waals surface area contributed by atoms with E-state index in [1.54, 1.807) is 14.0 Å². The van der Waals surface area contributed by atoms with Crippen LogP contribution in [0, 0.1) is 0 Å². The molecule has 46 heavy (non-hydrogen) atoms. The standard InChI is InChI=1S/C34H43F2N5O5/c1-4-45-34-37-32(44-3)27(33(38-34)46-23-29(35)36)21-39-19-26-20-40(30(42)15-18-43-2)16-17-41(26)28(22-39)31(24-11-7-5-8-12-24)25-13-9-6-10-14-25/h5-14,26,28-29,31H,4,15-23H2,1-3H3/t26-,28+/m1/s1. The molecule has 1 aromatic heterocycles. The van der Waals surface area contributed by atoms with Crippen LogP contribution in [0.4, 0.5) is 8.78 Å². The van der Waals surface area contributed by atoms with Crippen molar-refractivity contribution in [3.63, 3.8) is 0 Å². The Balaban J connectivity index is 1.52. The molecule has 2 atom stereocenters. The lowest BCUT2D eigenvalue weighted by molar-refractivity contribution is -0.137. The molecule has 0 spiro atoms. The Kier molecular flexibility index (Phi) is 11.7. The number of hydrogen-bond acceptors (Lipinski definition) is 9. The van der Waals surface area contributed by atoms with Crippen molar-refractivity contribution in [2.45, 2.75) is 44.3 Å². The van der Waals surface area contributed by atoms with Gasteiger partial charge in [-0.3, -0.25) is 14.6 Å². The van der Waals surface area contributed by atoms with Gasteiger partial charge in [-0.1, -0.05) is 60.7 Å². The third kappa shape index (κ3) is 8.09. The highest BCUT2D eigenvalue weighted by molar-refractivity contribution is 5.76. The van der Waals surface area contributed by atoms with Crippen molar-refractivity contribution < 1.29 is 32.5 Å². The highest BCUT2D eigenvalue weighted by atomic mass is 19.3. The lowest BCUT2D eigenvalue weighted by Gasteiger charge is -2.53. The van der Waals surface area contributed by atoms with Gasteiger partial charge in [0, 0.05) is 64.4 Å². The number of hydrogen-bond donors (Lipinski definition) is 0. The number of piperazine rings is 2. The Morgan fingerprint density at radius 3 is 2.20 bits per heavy atom. The molecule has 248 valence electrons. The molecule has 1 amide bonds. The number of carbonyl (C=O) groups excluding carboxylic acids is 1. The Morgan fingerprint density at radius 2 is 1.59 bits per heavy atom. The number of alkyl halides is 2. The number of rotatable bonds is 14. The maximum atomic E-state index is 13.3. The van der Waals surface area contributed by atoms with Gasteiger partial charge < -0.3 is 23.8 Å². The van der Waals surface area contributed by atoms with E-state index in [0.717, 1.165) is 6.54 Å². The van der Waals surface area contributed by atoms with E-state index in [9.17, 15) is 13.6 Å². The Morgan fingerprint density at radius 1 is 0.913 bits per heavy atom. The first kappa shape index (κ1) is 33.5. The summed E-state index contributed by atoms with van der Waals surface area (Å²) in [5.41, 5.74) is 2.86. The van der Waals surface area contributed by atoms with E-state index in [1.807, 2.05) is 17.0 Å². The van der Waals surface area contributed by atoms with E-state index in [0.29, 0.717) is 57.9 Å². The third-order valence-electron chi connectivity index (χ3n) is 8.55. The van der Waals surface area contributed by atoms with Gasteiger partial charge in [0.05, 0.1) is 32.3 Å². The minimum atomic E-state index is -2.68. The molecular formula is C34H43F2N5O5. The largest absolute Gasteiger partial charge is 0.481 e. The van der Waals surface area contributed by atoms with Gasteiger partial charge in [0.1, 0.15) is 0 Å². The molecule has 3 heterocycles. The molecule has 0 saturated carbocycles. The number of amides is 1. The summed E-state index contributed by atoms with van der Waals surface area (Å²) in [6.07, 6.45) is -2.35. The van der Waals surface area contributed by atoms with Gasteiger partial charge in [0.2, 0.25) is 17.7 Å². The van der Waals surface area contributed by atoms with E-state index in [-0.39, 0.29) is 41.7 Å². The molecule has 0 radical (unpaired) electrons. The summed E-state index contributed by atoms with van der Waals surface area (Å²) in [5.74, 6) is 0.334. The van der Waals surface area contributed by atoms with Crippen molar-refractivity contribution >= 4 is 5.91 Å². The molecule has 0 bridgehead atoms. The zero-order valence-electron chi connectivity index (χ0n) is 26.7. The van der Waals surface area contributed by atoms with Crippen LogP contribution in [-0.2, 0) is 16.1 Å². The first-order chi connectivity index (χ1) is 22.4. The molecule has 2 aliphatic heterocycles. The van der Waals surface area contributed by atoms with E-state index >= 15 is 0 Å². The van der Waals surface area contributed by atoms with Gasteiger partial charge in [0.25, 0.3) is 6.43 Å². The lowest BCUT2D eigenvalue weighted by atomic mass is 9.81. The summed E-state index contributed by atoms with van der Waals surface area (Å²) in [7, 11) is 3.07. The van der Waals surface area contributed by atoms with Crippen molar-refractivity contribution in [1.29, 1.82) is 0 Å². The highest BCUT2D eigenvalue weighted by Gasteiger charge is 2.43. The molecule has 3 aromatic rings. The maximum absolute atomic E-state index is 13.3. The van der Waals surface area contributed by atoms with E-state index in [4.69, 9.17) is 18.9 Å². The van der Waals surface area contributed by atoms with Crippen molar-refractivity contribution in [2.24, 2.45) is 0 Å². The quantitative estimate of drug-likeness (QED) is 0.259. The highest BCUT2D eigenvalue weighted by Crippen LogP contribution is 2.37. The lowest BCUT2D eigenvalue weighted by Crippen LogP contribution is -2.67. The van der Waals surface area contributed by atoms with Crippen LogP contribution in [-0.4, -0.2) is 116 Å². The fourth-order valence-electron chi connectivity index (χ4n) is 6.58. The smallest absolute Gasteiger partial charge is 0.323 e. The van der Waals surface area contributed by atoms with Crippen LogP contribution in [0.2, 0.25) is 0 Å². The molecule has 0 unspecified atom stereocenters. The van der Waals surface area contributed by atoms with Gasteiger partial charge in [-0.25, -0.2) is 8.78 Å². The summed E-state index contributed by atoms with van der Waals surface area (Å²) in [6.45, 7) is 5.16. The van der Waals surface area contributed by atoms with Crippen LogP contribution < -0.4 is 14.2 Å². The van der Waals surface area contributed by atoms with Crippen LogP contribution in [0.15, 0.2) is 60.7 Å². The molecule has 2 fully saturated rings. The molecule has 2 saturated heterocycles. The minimum Gasteiger partial charge on any atom is -0.481 e. The second-order valence-electron chi connectivity index (χ2n) is 11.5. The number of carbonyl (C=O) groups is 1. The summed E-state index contributed by atoms with van der Waals surface area (Å²) in [5, 5.41) is 0. The molecular weight excluding hydrogens is 596 g/mol. The number of halogens is 2. The molecule has 2 aromatic carbocycles. The second kappa shape index (κ2) is 16.1. The van der Waals surface area contributed by atoms with Crippen molar-refractivity contribution in [3.05, 3.63) is 77.4 Å². The normalized spacial score (nSPS) is 18.9. The molecule has 5 rings (SSSR count). The van der Waals surface area contributed by atoms with Crippen LogP contribution in [0.3, 0.4) is 0 Å². The number of methoxy groups -OCH3 is 2. The number of aromatic nitrogens is 2. The first-order valence-electron chi connectivity index (χ1n) is 15.7.